The second-order valence-corrected chi connectivity index (χ2v) is 4.31. The molecule has 0 aliphatic carbocycles. The van der Waals surface area contributed by atoms with Crippen LogP contribution in [0.2, 0.25) is 0 Å². The molecule has 0 bridgehead atoms. The third kappa shape index (κ3) is 6.69. The van der Waals surface area contributed by atoms with E-state index in [1.54, 1.807) is 0 Å². The van der Waals surface area contributed by atoms with Gasteiger partial charge in [0, 0.05) is 19.1 Å². The van der Waals surface area contributed by atoms with E-state index in [9.17, 15) is 0 Å². The molecule has 2 nitrogen and oxygen atoms in total. The summed E-state index contributed by atoms with van der Waals surface area (Å²) < 4.78 is 0. The minimum absolute atomic E-state index is 0.702. The largest absolute Gasteiger partial charge is 0.313 e. The van der Waals surface area contributed by atoms with Crippen molar-refractivity contribution in [1.82, 2.24) is 10.2 Å². The maximum Gasteiger partial charge on any atom is 0.0202 e. The highest BCUT2D eigenvalue weighted by Gasteiger charge is 2.10. The first-order valence-corrected chi connectivity index (χ1v) is 6.23. The molecule has 1 N–H and O–H groups in total. The molecule has 15 heavy (non-hydrogen) atoms. The van der Waals surface area contributed by atoms with Crippen molar-refractivity contribution in [1.29, 1.82) is 0 Å². The van der Waals surface area contributed by atoms with Crippen LogP contribution >= 0.6 is 0 Å². The summed E-state index contributed by atoms with van der Waals surface area (Å²) in [5.41, 5.74) is 1.29. The second kappa shape index (κ2) is 8.93. The minimum Gasteiger partial charge on any atom is -0.313 e. The number of rotatable bonds is 9. The predicted molar refractivity (Wildman–Crippen MR) is 69.3 cm³/mol. The van der Waals surface area contributed by atoms with Crippen LogP contribution in [0.5, 0.6) is 0 Å². The molecule has 0 radical (unpaired) electrons. The molecule has 0 aliphatic heterocycles. The summed E-state index contributed by atoms with van der Waals surface area (Å²) in [6.45, 7) is 13.9. The first-order chi connectivity index (χ1) is 7.15. The fraction of sp³-hybridized carbons (Fsp3) is 0.846. The van der Waals surface area contributed by atoms with Crippen LogP contribution in [0.1, 0.15) is 40.0 Å². The van der Waals surface area contributed by atoms with Gasteiger partial charge >= 0.3 is 0 Å². The molecule has 0 aliphatic rings. The second-order valence-electron chi connectivity index (χ2n) is 4.31. The van der Waals surface area contributed by atoms with E-state index >= 15 is 0 Å². The summed E-state index contributed by atoms with van der Waals surface area (Å²) in [5.74, 6) is 0. The van der Waals surface area contributed by atoms with E-state index in [1.165, 1.54) is 24.8 Å². The molecule has 0 unspecified atom stereocenters. The lowest BCUT2D eigenvalue weighted by molar-refractivity contribution is 0.246. The van der Waals surface area contributed by atoms with Crippen molar-refractivity contribution >= 4 is 0 Å². The van der Waals surface area contributed by atoms with Crippen molar-refractivity contribution < 1.29 is 0 Å². The van der Waals surface area contributed by atoms with Crippen LogP contribution in [0.15, 0.2) is 12.2 Å². The van der Waals surface area contributed by atoms with Gasteiger partial charge in [-0.05, 0) is 38.4 Å². The fourth-order valence-corrected chi connectivity index (χ4v) is 1.89. The van der Waals surface area contributed by atoms with Gasteiger partial charge in [0.2, 0.25) is 0 Å². The Morgan fingerprint density at radius 3 is 2.33 bits per heavy atom. The zero-order valence-corrected chi connectivity index (χ0v) is 11.0. The molecule has 0 rings (SSSR count). The number of nitrogens with zero attached hydrogens (tertiary/aromatic N) is 1. The lowest BCUT2D eigenvalue weighted by Crippen LogP contribution is -2.34. The third-order valence-corrected chi connectivity index (χ3v) is 2.84. The fourth-order valence-electron chi connectivity index (χ4n) is 1.89. The zero-order valence-electron chi connectivity index (χ0n) is 11.0. The Hall–Kier alpha value is -0.340. The van der Waals surface area contributed by atoms with E-state index in [1.807, 2.05) is 0 Å². The van der Waals surface area contributed by atoms with Gasteiger partial charge in [0.25, 0.3) is 0 Å². The van der Waals surface area contributed by atoms with E-state index in [2.05, 4.69) is 44.6 Å². The van der Waals surface area contributed by atoms with E-state index < -0.39 is 0 Å². The Bertz CT molecular complexity index is 162. The highest BCUT2D eigenvalue weighted by atomic mass is 15.1. The van der Waals surface area contributed by atoms with E-state index in [0.717, 1.165) is 19.6 Å². The lowest BCUT2D eigenvalue weighted by atomic mass is 10.1. The van der Waals surface area contributed by atoms with Gasteiger partial charge in [-0.3, -0.25) is 4.90 Å². The van der Waals surface area contributed by atoms with Crippen LogP contribution < -0.4 is 5.32 Å². The van der Waals surface area contributed by atoms with Gasteiger partial charge < -0.3 is 5.32 Å². The molecule has 0 atom stereocenters. The predicted octanol–water partition coefficient (Wildman–Crippen LogP) is 2.66. The number of nitrogens with one attached hydrogen (secondary N) is 1. The summed E-state index contributed by atoms with van der Waals surface area (Å²) in [7, 11) is 2.20. The van der Waals surface area contributed by atoms with Crippen LogP contribution in [0.3, 0.4) is 0 Å². The van der Waals surface area contributed by atoms with Crippen LogP contribution in [0.4, 0.5) is 0 Å². The highest BCUT2D eigenvalue weighted by molar-refractivity contribution is 5.00. The Balaban J connectivity index is 3.74. The van der Waals surface area contributed by atoms with Crippen LogP contribution in [0, 0.1) is 0 Å². The van der Waals surface area contributed by atoms with Crippen LogP contribution in [0.25, 0.3) is 0 Å². The summed E-state index contributed by atoms with van der Waals surface area (Å²) in [6, 6.07) is 0.702. The summed E-state index contributed by atoms with van der Waals surface area (Å²) in [6.07, 6.45) is 3.64. The summed E-state index contributed by atoms with van der Waals surface area (Å²) in [5, 5.41) is 3.39. The van der Waals surface area contributed by atoms with Gasteiger partial charge in [0.1, 0.15) is 0 Å². The van der Waals surface area contributed by atoms with E-state index in [4.69, 9.17) is 0 Å². The summed E-state index contributed by atoms with van der Waals surface area (Å²) >= 11 is 0. The van der Waals surface area contributed by atoms with Crippen molar-refractivity contribution in [2.45, 2.75) is 46.1 Å². The van der Waals surface area contributed by atoms with Gasteiger partial charge in [0.15, 0.2) is 0 Å². The molecular formula is C13H28N2. The standard InChI is InChI=1S/C13H28N2/c1-6-9-14-10-12(4)11-15(5)13(7-2)8-3/h13-14H,4,6-11H2,1-3,5H3. The normalized spacial score (nSPS) is 11.3. The molecule has 0 aromatic carbocycles. The summed E-state index contributed by atoms with van der Waals surface area (Å²) in [4.78, 5) is 2.41. The molecule has 0 amide bonds. The molecular weight excluding hydrogens is 184 g/mol. The average Bonchev–Trinajstić information content (AvgIpc) is 2.20. The molecule has 0 aromatic rings. The number of hydrogen-bond acceptors (Lipinski definition) is 2. The van der Waals surface area contributed by atoms with E-state index in [0.29, 0.717) is 6.04 Å². The number of likely N-dealkylation sites (N-methyl/N-ethyl adjacent to an activating group) is 1. The topological polar surface area (TPSA) is 15.3 Å². The highest BCUT2D eigenvalue weighted by Crippen LogP contribution is 2.07. The van der Waals surface area contributed by atoms with Crippen molar-refractivity contribution in [3.05, 3.63) is 12.2 Å². The van der Waals surface area contributed by atoms with Crippen LogP contribution in [-0.2, 0) is 0 Å². The molecule has 90 valence electrons. The maximum atomic E-state index is 4.11. The van der Waals surface area contributed by atoms with Gasteiger partial charge in [-0.2, -0.15) is 0 Å². The Morgan fingerprint density at radius 2 is 1.87 bits per heavy atom. The zero-order chi connectivity index (χ0) is 11.7. The van der Waals surface area contributed by atoms with Gasteiger partial charge in [-0.15, -0.1) is 0 Å². The smallest absolute Gasteiger partial charge is 0.0202 e. The van der Waals surface area contributed by atoms with Crippen molar-refractivity contribution in [2.75, 3.05) is 26.7 Å². The van der Waals surface area contributed by atoms with Crippen LogP contribution in [-0.4, -0.2) is 37.6 Å². The monoisotopic (exact) mass is 212 g/mol. The van der Waals surface area contributed by atoms with Gasteiger partial charge in [-0.25, -0.2) is 0 Å². The average molecular weight is 212 g/mol. The quantitative estimate of drug-likeness (QED) is 0.467. The molecule has 2 heteroatoms. The third-order valence-electron chi connectivity index (χ3n) is 2.84. The molecule has 0 aromatic heterocycles. The first kappa shape index (κ1) is 14.7. The van der Waals surface area contributed by atoms with Gasteiger partial charge in [0.05, 0.1) is 0 Å². The minimum atomic E-state index is 0.702. The maximum absolute atomic E-state index is 4.11. The Kier molecular flexibility index (Phi) is 8.73. The van der Waals surface area contributed by atoms with Gasteiger partial charge in [-0.1, -0.05) is 27.4 Å². The SMILES string of the molecule is C=C(CNCCC)CN(C)C(CC)CC. The van der Waals surface area contributed by atoms with Crippen molar-refractivity contribution in [3.63, 3.8) is 0 Å². The molecule has 0 saturated carbocycles. The Labute approximate surface area is 95.7 Å². The molecule has 0 spiro atoms. The molecule has 0 saturated heterocycles. The van der Waals surface area contributed by atoms with Crippen molar-refractivity contribution in [3.8, 4) is 0 Å². The lowest BCUT2D eigenvalue weighted by Gasteiger charge is -2.26. The van der Waals surface area contributed by atoms with E-state index in [-0.39, 0.29) is 0 Å². The molecule has 0 fully saturated rings. The molecule has 0 heterocycles. The first-order valence-electron chi connectivity index (χ1n) is 6.23. The Morgan fingerprint density at radius 1 is 1.27 bits per heavy atom. The van der Waals surface area contributed by atoms with Crippen molar-refractivity contribution in [2.24, 2.45) is 0 Å². The number of hydrogen-bond donors (Lipinski definition) is 1.